The lowest BCUT2D eigenvalue weighted by atomic mass is 10.0. The van der Waals surface area contributed by atoms with Crippen LogP contribution in [0.1, 0.15) is 64.7 Å². The van der Waals surface area contributed by atoms with Gasteiger partial charge in [0.15, 0.2) is 0 Å². The lowest BCUT2D eigenvalue weighted by Crippen LogP contribution is -2.10. The van der Waals surface area contributed by atoms with Crippen molar-refractivity contribution in [1.29, 1.82) is 0 Å². The van der Waals surface area contributed by atoms with Gasteiger partial charge in [-0.2, -0.15) is 0 Å². The summed E-state index contributed by atoms with van der Waals surface area (Å²) in [6.45, 7) is 2.17. The van der Waals surface area contributed by atoms with Crippen molar-refractivity contribution in [1.82, 2.24) is 0 Å². The van der Waals surface area contributed by atoms with Crippen LogP contribution in [-0.4, -0.2) is 22.4 Å². The van der Waals surface area contributed by atoms with Crippen molar-refractivity contribution in [2.75, 3.05) is 0 Å². The largest absolute Gasteiger partial charge is 0.478 e. The summed E-state index contributed by atoms with van der Waals surface area (Å²) in [4.78, 5) is 14.8. The topological polar surface area (TPSA) is 66.8 Å². The first-order valence-electron chi connectivity index (χ1n) is 8.90. The molecule has 0 aromatic carbocycles. The number of carboxylic acids is 1. The van der Waals surface area contributed by atoms with Gasteiger partial charge < -0.3 is 5.11 Å². The van der Waals surface area contributed by atoms with Crippen molar-refractivity contribution in [2.45, 2.75) is 70.8 Å². The SMILES string of the molecule is CCCCC[C@@H](CCCCCC=CC=CC=CC=CC(=O)O)OO. The molecule has 2 N–H and O–H groups in total. The predicted octanol–water partition coefficient (Wildman–Crippen LogP) is 5.68. The summed E-state index contributed by atoms with van der Waals surface area (Å²) in [6, 6.07) is 0. The number of hydrogen-bond acceptors (Lipinski definition) is 3. The maximum Gasteiger partial charge on any atom is 0.328 e. The summed E-state index contributed by atoms with van der Waals surface area (Å²) >= 11 is 0. The third-order valence-corrected chi connectivity index (χ3v) is 3.61. The average molecular weight is 336 g/mol. The van der Waals surface area contributed by atoms with E-state index in [1.807, 2.05) is 18.2 Å². The summed E-state index contributed by atoms with van der Waals surface area (Å²) < 4.78 is 0. The standard InChI is InChI=1S/C20H32O4/c1-2-3-13-16-19(24-23)17-14-11-9-7-5-4-6-8-10-12-15-18-20(21)22/h4-6,8,10,12,15,18-19,23H,2-3,7,9,11,13-14,16-17H2,1H3,(H,21,22)/t19-/m0/s1. The fourth-order valence-electron chi connectivity index (χ4n) is 2.25. The molecule has 136 valence electrons. The minimum atomic E-state index is -0.943. The van der Waals surface area contributed by atoms with Gasteiger partial charge in [0.2, 0.25) is 0 Å². The molecule has 0 saturated carbocycles. The molecule has 0 aliphatic heterocycles. The molecular formula is C20H32O4. The van der Waals surface area contributed by atoms with E-state index < -0.39 is 5.97 Å². The quantitative estimate of drug-likeness (QED) is 0.133. The van der Waals surface area contributed by atoms with E-state index in [1.165, 1.54) is 18.9 Å². The predicted molar refractivity (Wildman–Crippen MR) is 98.9 cm³/mol. The third-order valence-electron chi connectivity index (χ3n) is 3.61. The van der Waals surface area contributed by atoms with E-state index >= 15 is 0 Å². The van der Waals surface area contributed by atoms with Gasteiger partial charge in [0.25, 0.3) is 0 Å². The molecule has 0 bridgehead atoms. The van der Waals surface area contributed by atoms with E-state index in [0.29, 0.717) is 0 Å². The van der Waals surface area contributed by atoms with E-state index in [4.69, 9.17) is 10.4 Å². The van der Waals surface area contributed by atoms with Crippen LogP contribution in [0.4, 0.5) is 0 Å². The summed E-state index contributed by atoms with van der Waals surface area (Å²) in [5.74, 6) is -0.943. The molecule has 0 spiro atoms. The van der Waals surface area contributed by atoms with E-state index in [9.17, 15) is 4.79 Å². The molecule has 0 radical (unpaired) electrons. The van der Waals surface area contributed by atoms with E-state index in [1.54, 1.807) is 12.2 Å². The Morgan fingerprint density at radius 2 is 1.54 bits per heavy atom. The van der Waals surface area contributed by atoms with Crippen LogP contribution in [0.15, 0.2) is 48.6 Å². The second-order valence-corrected chi connectivity index (χ2v) is 5.76. The van der Waals surface area contributed by atoms with Crippen molar-refractivity contribution >= 4 is 5.97 Å². The van der Waals surface area contributed by atoms with Crippen molar-refractivity contribution < 1.29 is 20.0 Å². The van der Waals surface area contributed by atoms with Crippen molar-refractivity contribution in [3.05, 3.63) is 48.6 Å². The van der Waals surface area contributed by atoms with Gasteiger partial charge in [-0.1, -0.05) is 81.6 Å². The van der Waals surface area contributed by atoms with Gasteiger partial charge in [-0.05, 0) is 25.7 Å². The number of allylic oxidation sites excluding steroid dienone is 7. The molecule has 24 heavy (non-hydrogen) atoms. The zero-order valence-corrected chi connectivity index (χ0v) is 14.8. The smallest absolute Gasteiger partial charge is 0.328 e. The van der Waals surface area contributed by atoms with Gasteiger partial charge >= 0.3 is 5.97 Å². The summed E-state index contributed by atoms with van der Waals surface area (Å²) in [5, 5.41) is 17.3. The van der Waals surface area contributed by atoms with Crippen LogP contribution in [0.25, 0.3) is 0 Å². The van der Waals surface area contributed by atoms with Gasteiger partial charge in [-0.25, -0.2) is 9.68 Å². The number of rotatable bonds is 15. The molecule has 0 rings (SSSR count). The number of carboxylic acid groups (broad SMARTS) is 1. The van der Waals surface area contributed by atoms with Gasteiger partial charge in [0.05, 0.1) is 6.10 Å². The van der Waals surface area contributed by atoms with Crippen molar-refractivity contribution in [3.63, 3.8) is 0 Å². The van der Waals surface area contributed by atoms with Gasteiger partial charge in [-0.3, -0.25) is 5.26 Å². The van der Waals surface area contributed by atoms with Crippen LogP contribution in [0.2, 0.25) is 0 Å². The second kappa shape index (κ2) is 17.7. The van der Waals surface area contributed by atoms with Crippen LogP contribution in [0, 0.1) is 0 Å². The second-order valence-electron chi connectivity index (χ2n) is 5.76. The number of hydrogen-bond donors (Lipinski definition) is 2. The maximum atomic E-state index is 10.2. The lowest BCUT2D eigenvalue weighted by molar-refractivity contribution is -0.281. The van der Waals surface area contributed by atoms with Crippen LogP contribution < -0.4 is 0 Å². The zero-order valence-electron chi connectivity index (χ0n) is 14.8. The fourth-order valence-corrected chi connectivity index (χ4v) is 2.25. The highest BCUT2D eigenvalue weighted by Crippen LogP contribution is 2.14. The highest BCUT2D eigenvalue weighted by atomic mass is 17.1. The summed E-state index contributed by atoms with van der Waals surface area (Å²) in [6.07, 6.45) is 23.7. The molecule has 0 aliphatic carbocycles. The van der Waals surface area contributed by atoms with E-state index in [2.05, 4.69) is 17.9 Å². The molecule has 0 aliphatic rings. The monoisotopic (exact) mass is 336 g/mol. The van der Waals surface area contributed by atoms with Crippen LogP contribution in [-0.2, 0) is 9.68 Å². The number of aliphatic carboxylic acids is 1. The molecule has 4 heteroatoms. The van der Waals surface area contributed by atoms with Crippen molar-refractivity contribution in [3.8, 4) is 0 Å². The molecule has 1 atom stereocenters. The van der Waals surface area contributed by atoms with Crippen LogP contribution >= 0.6 is 0 Å². The minimum Gasteiger partial charge on any atom is -0.478 e. The number of unbranched alkanes of at least 4 members (excludes halogenated alkanes) is 5. The Labute approximate surface area is 146 Å². The first-order valence-corrected chi connectivity index (χ1v) is 8.90. The number of carbonyl (C=O) groups is 1. The average Bonchev–Trinajstić information content (AvgIpc) is 2.57. The Morgan fingerprint density at radius 1 is 0.917 bits per heavy atom. The van der Waals surface area contributed by atoms with Crippen molar-refractivity contribution in [2.24, 2.45) is 0 Å². The highest BCUT2D eigenvalue weighted by molar-refractivity contribution is 5.80. The normalized spacial score (nSPS) is 13.8. The van der Waals surface area contributed by atoms with E-state index in [0.717, 1.165) is 51.0 Å². The molecule has 0 saturated heterocycles. The molecule has 0 amide bonds. The Balaban J connectivity index is 3.59. The molecular weight excluding hydrogens is 304 g/mol. The zero-order chi connectivity index (χ0) is 17.9. The van der Waals surface area contributed by atoms with Crippen LogP contribution in [0.5, 0.6) is 0 Å². The Bertz CT molecular complexity index is 408. The summed E-state index contributed by atoms with van der Waals surface area (Å²) in [7, 11) is 0. The Kier molecular flexibility index (Phi) is 16.5. The first-order chi connectivity index (χ1) is 11.7. The van der Waals surface area contributed by atoms with Gasteiger partial charge in [-0.15, -0.1) is 0 Å². The van der Waals surface area contributed by atoms with E-state index in [-0.39, 0.29) is 6.10 Å². The molecule has 0 aromatic heterocycles. The molecule has 0 fully saturated rings. The third kappa shape index (κ3) is 16.7. The maximum absolute atomic E-state index is 10.2. The first kappa shape index (κ1) is 22.4. The molecule has 4 nitrogen and oxygen atoms in total. The van der Waals surface area contributed by atoms with Gasteiger partial charge in [0, 0.05) is 6.08 Å². The van der Waals surface area contributed by atoms with Crippen LogP contribution in [0.3, 0.4) is 0 Å². The molecule has 0 heterocycles. The van der Waals surface area contributed by atoms with Gasteiger partial charge in [0.1, 0.15) is 0 Å². The lowest BCUT2D eigenvalue weighted by Gasteiger charge is -2.12. The highest BCUT2D eigenvalue weighted by Gasteiger charge is 2.07. The summed E-state index contributed by atoms with van der Waals surface area (Å²) in [5.41, 5.74) is 0. The molecule has 0 aromatic rings. The Morgan fingerprint density at radius 3 is 2.17 bits per heavy atom. The molecule has 0 unspecified atom stereocenters. The fraction of sp³-hybridized carbons (Fsp3) is 0.550. The Hall–Kier alpha value is -1.65. The minimum absolute atomic E-state index is 0.00279.